The van der Waals surface area contributed by atoms with E-state index < -0.39 is 10.1 Å². The molecule has 0 aromatic heterocycles. The lowest BCUT2D eigenvalue weighted by Gasteiger charge is -2.14. The van der Waals surface area contributed by atoms with Crippen LogP contribution in [0.3, 0.4) is 0 Å². The van der Waals surface area contributed by atoms with Crippen LogP contribution >= 0.6 is 0 Å². The molecule has 0 radical (unpaired) electrons. The highest BCUT2D eigenvalue weighted by atomic mass is 32.2. The summed E-state index contributed by atoms with van der Waals surface area (Å²) in [5.41, 5.74) is 3.55. The molecule has 0 N–H and O–H groups in total. The van der Waals surface area contributed by atoms with Crippen molar-refractivity contribution in [3.05, 3.63) is 60.2 Å². The summed E-state index contributed by atoms with van der Waals surface area (Å²) in [6, 6.07) is 18.6. The smallest absolute Gasteiger partial charge is 0.264 e. The maximum Gasteiger partial charge on any atom is 0.264 e. The summed E-state index contributed by atoms with van der Waals surface area (Å²) < 4.78 is 27.6. The van der Waals surface area contributed by atoms with Gasteiger partial charge in [-0.05, 0) is 36.0 Å². The average Bonchev–Trinajstić information content (AvgIpc) is 2.51. The maximum absolute atomic E-state index is 11.2. The molecule has 3 nitrogen and oxygen atoms in total. The third kappa shape index (κ3) is 5.28. The molecule has 0 bridgehead atoms. The standard InChI is InChI=1S/C18H22O3S/c1-3-18(21-22(2,19)20)13-12-15-8-7-11-17(14-15)16-9-5-4-6-10-16/h4-11,14,18H,3,12-13H2,1-2H3. The number of hydrogen-bond donors (Lipinski definition) is 0. The van der Waals surface area contributed by atoms with Crippen LogP contribution in [0.4, 0.5) is 0 Å². The molecule has 0 aliphatic heterocycles. The van der Waals surface area contributed by atoms with Gasteiger partial charge in [0.1, 0.15) is 0 Å². The van der Waals surface area contributed by atoms with Gasteiger partial charge in [0.25, 0.3) is 10.1 Å². The Hall–Kier alpha value is -1.65. The zero-order chi connectivity index (χ0) is 16.0. The van der Waals surface area contributed by atoms with Crippen LogP contribution in [0.25, 0.3) is 11.1 Å². The second kappa shape index (κ2) is 7.56. The molecule has 1 atom stereocenters. The average molecular weight is 318 g/mol. The fraction of sp³-hybridized carbons (Fsp3) is 0.333. The topological polar surface area (TPSA) is 43.4 Å². The van der Waals surface area contributed by atoms with Crippen LogP contribution in [-0.2, 0) is 20.7 Å². The Morgan fingerprint density at radius 2 is 1.68 bits per heavy atom. The normalized spacial score (nSPS) is 13.0. The first-order chi connectivity index (χ1) is 10.5. The summed E-state index contributed by atoms with van der Waals surface area (Å²) in [6.07, 6.45) is 3.03. The van der Waals surface area contributed by atoms with Crippen LogP contribution in [0.5, 0.6) is 0 Å². The van der Waals surface area contributed by atoms with E-state index in [0.717, 1.165) is 12.7 Å². The predicted octanol–water partition coefficient (Wildman–Crippen LogP) is 4.04. The van der Waals surface area contributed by atoms with Crippen molar-refractivity contribution in [3.63, 3.8) is 0 Å². The molecule has 118 valence electrons. The van der Waals surface area contributed by atoms with Gasteiger partial charge >= 0.3 is 0 Å². The molecule has 1 unspecified atom stereocenters. The summed E-state index contributed by atoms with van der Waals surface area (Å²) in [5.74, 6) is 0. The molecule has 0 heterocycles. The summed E-state index contributed by atoms with van der Waals surface area (Å²) in [6.45, 7) is 1.94. The molecule has 0 aliphatic rings. The van der Waals surface area contributed by atoms with Crippen LogP contribution < -0.4 is 0 Å². The van der Waals surface area contributed by atoms with E-state index in [-0.39, 0.29) is 6.10 Å². The van der Waals surface area contributed by atoms with Gasteiger partial charge in [-0.2, -0.15) is 8.42 Å². The highest BCUT2D eigenvalue weighted by Gasteiger charge is 2.13. The quantitative estimate of drug-likeness (QED) is 0.724. The van der Waals surface area contributed by atoms with Crippen molar-refractivity contribution in [1.29, 1.82) is 0 Å². The van der Waals surface area contributed by atoms with Gasteiger partial charge in [-0.25, -0.2) is 0 Å². The molecule has 2 rings (SSSR count). The first-order valence-corrected chi connectivity index (χ1v) is 9.32. The molecule has 0 saturated carbocycles. The lowest BCUT2D eigenvalue weighted by atomic mass is 9.99. The fourth-order valence-electron chi connectivity index (χ4n) is 2.43. The first-order valence-electron chi connectivity index (χ1n) is 7.50. The Balaban J connectivity index is 2.04. The lowest BCUT2D eigenvalue weighted by Crippen LogP contribution is -2.17. The first kappa shape index (κ1) is 16.7. The van der Waals surface area contributed by atoms with Gasteiger partial charge < -0.3 is 0 Å². The largest absolute Gasteiger partial charge is 0.267 e. The minimum absolute atomic E-state index is 0.254. The van der Waals surface area contributed by atoms with Gasteiger partial charge in [-0.3, -0.25) is 4.18 Å². The zero-order valence-corrected chi connectivity index (χ0v) is 13.8. The Labute approximate surface area is 133 Å². The molecule has 2 aromatic rings. The monoisotopic (exact) mass is 318 g/mol. The van der Waals surface area contributed by atoms with Gasteiger partial charge in [-0.1, -0.05) is 61.5 Å². The Kier molecular flexibility index (Phi) is 5.75. The number of rotatable bonds is 7. The van der Waals surface area contributed by atoms with Crippen LogP contribution in [0.15, 0.2) is 54.6 Å². The predicted molar refractivity (Wildman–Crippen MR) is 90.2 cm³/mol. The van der Waals surface area contributed by atoms with Crippen molar-refractivity contribution in [1.82, 2.24) is 0 Å². The third-order valence-electron chi connectivity index (χ3n) is 3.56. The second-order valence-electron chi connectivity index (χ2n) is 5.44. The van der Waals surface area contributed by atoms with Crippen molar-refractivity contribution in [2.45, 2.75) is 32.3 Å². The van der Waals surface area contributed by atoms with Crippen molar-refractivity contribution in [2.75, 3.05) is 6.26 Å². The minimum atomic E-state index is -3.39. The third-order valence-corrected chi connectivity index (χ3v) is 4.18. The summed E-state index contributed by atoms with van der Waals surface area (Å²) in [7, 11) is -3.39. The van der Waals surface area contributed by atoms with E-state index in [1.807, 2.05) is 31.2 Å². The van der Waals surface area contributed by atoms with E-state index in [1.54, 1.807) is 0 Å². The number of aryl methyl sites for hydroxylation is 1. The Morgan fingerprint density at radius 3 is 2.32 bits per heavy atom. The summed E-state index contributed by atoms with van der Waals surface area (Å²) in [4.78, 5) is 0. The van der Waals surface area contributed by atoms with Crippen molar-refractivity contribution in [3.8, 4) is 11.1 Å². The van der Waals surface area contributed by atoms with E-state index in [0.29, 0.717) is 12.8 Å². The van der Waals surface area contributed by atoms with E-state index in [2.05, 4.69) is 30.3 Å². The molecular formula is C18H22O3S. The maximum atomic E-state index is 11.2. The van der Waals surface area contributed by atoms with Gasteiger partial charge in [0.05, 0.1) is 12.4 Å². The molecule has 4 heteroatoms. The molecule has 0 aliphatic carbocycles. The van der Waals surface area contributed by atoms with Gasteiger partial charge in [0, 0.05) is 0 Å². The molecule has 0 fully saturated rings. The van der Waals surface area contributed by atoms with Crippen molar-refractivity contribution >= 4 is 10.1 Å². The van der Waals surface area contributed by atoms with Crippen LogP contribution in [-0.4, -0.2) is 20.8 Å². The van der Waals surface area contributed by atoms with Crippen molar-refractivity contribution in [2.24, 2.45) is 0 Å². The molecule has 0 saturated heterocycles. The molecular weight excluding hydrogens is 296 g/mol. The van der Waals surface area contributed by atoms with Gasteiger partial charge in [-0.15, -0.1) is 0 Å². The minimum Gasteiger partial charge on any atom is -0.267 e. The summed E-state index contributed by atoms with van der Waals surface area (Å²) in [5, 5.41) is 0. The van der Waals surface area contributed by atoms with Crippen LogP contribution in [0.2, 0.25) is 0 Å². The Bertz CT molecular complexity index is 693. The van der Waals surface area contributed by atoms with Crippen LogP contribution in [0, 0.1) is 0 Å². The lowest BCUT2D eigenvalue weighted by molar-refractivity contribution is 0.196. The van der Waals surface area contributed by atoms with Gasteiger partial charge in [0.15, 0.2) is 0 Å². The molecule has 0 amide bonds. The van der Waals surface area contributed by atoms with E-state index in [9.17, 15) is 8.42 Å². The van der Waals surface area contributed by atoms with E-state index in [1.165, 1.54) is 16.7 Å². The van der Waals surface area contributed by atoms with E-state index >= 15 is 0 Å². The van der Waals surface area contributed by atoms with Gasteiger partial charge in [0.2, 0.25) is 0 Å². The number of hydrogen-bond acceptors (Lipinski definition) is 3. The van der Waals surface area contributed by atoms with E-state index in [4.69, 9.17) is 4.18 Å². The van der Waals surface area contributed by atoms with Crippen molar-refractivity contribution < 1.29 is 12.6 Å². The molecule has 0 spiro atoms. The van der Waals surface area contributed by atoms with Crippen LogP contribution in [0.1, 0.15) is 25.3 Å². The highest BCUT2D eigenvalue weighted by Crippen LogP contribution is 2.21. The molecule has 22 heavy (non-hydrogen) atoms. The second-order valence-corrected chi connectivity index (χ2v) is 7.04. The zero-order valence-electron chi connectivity index (χ0n) is 13.0. The Morgan fingerprint density at radius 1 is 1.00 bits per heavy atom. The number of benzene rings is 2. The summed E-state index contributed by atoms with van der Waals surface area (Å²) >= 11 is 0. The highest BCUT2D eigenvalue weighted by molar-refractivity contribution is 7.86. The fourth-order valence-corrected chi connectivity index (χ4v) is 3.16. The molecule has 2 aromatic carbocycles. The SMILES string of the molecule is CCC(CCc1cccc(-c2ccccc2)c1)OS(C)(=O)=O.